The van der Waals surface area contributed by atoms with Crippen molar-refractivity contribution >= 4 is 17.7 Å². The molecule has 126 valence electrons. The lowest BCUT2D eigenvalue weighted by atomic mass is 9.99. The molecular formula is C17H24N2O4. The minimum absolute atomic E-state index is 0.0485. The summed E-state index contributed by atoms with van der Waals surface area (Å²) in [5.41, 5.74) is 1.95. The Morgan fingerprint density at radius 2 is 1.91 bits per heavy atom. The molecule has 1 fully saturated rings. The van der Waals surface area contributed by atoms with Crippen LogP contribution in [0, 0.1) is 19.8 Å². The Hall–Kier alpha value is -2.11. The number of aromatic nitrogens is 1. The van der Waals surface area contributed by atoms with Crippen LogP contribution in [0.15, 0.2) is 0 Å². The van der Waals surface area contributed by atoms with Gasteiger partial charge in [-0.2, -0.15) is 0 Å². The number of ether oxygens (including phenoxy) is 1. The highest BCUT2D eigenvalue weighted by Gasteiger charge is 2.37. The molecule has 1 aliphatic rings. The monoisotopic (exact) mass is 320 g/mol. The number of rotatable bonds is 6. The zero-order valence-corrected chi connectivity index (χ0v) is 14.4. The number of hydrogen-bond acceptors (Lipinski definition) is 4. The number of esters is 1. The topological polar surface area (TPSA) is 79.5 Å². The molecule has 6 heteroatoms. The predicted octanol–water partition coefficient (Wildman–Crippen LogP) is 2.25. The first-order chi connectivity index (χ1) is 10.8. The standard InChI is InChI=1S/C17H24N2O4/c1-6-19(16(21)12-7-8-12)11(4)15(20)13-9(2)14(17(22)23-5)18-10(13)3/h11-12,18H,6-8H2,1-5H3/t11-/m0/s1. The van der Waals surface area contributed by atoms with Gasteiger partial charge < -0.3 is 14.6 Å². The van der Waals surface area contributed by atoms with E-state index < -0.39 is 12.0 Å². The van der Waals surface area contributed by atoms with E-state index in [0.29, 0.717) is 23.4 Å². The molecule has 1 aromatic rings. The molecule has 0 saturated heterocycles. The summed E-state index contributed by atoms with van der Waals surface area (Å²) in [6.07, 6.45) is 1.82. The van der Waals surface area contributed by atoms with Crippen molar-refractivity contribution in [3.8, 4) is 0 Å². The van der Waals surface area contributed by atoms with Crippen LogP contribution in [0.25, 0.3) is 0 Å². The SMILES string of the molecule is CCN(C(=O)C1CC1)[C@@H](C)C(=O)c1c(C)[nH]c(C(=O)OC)c1C. The van der Waals surface area contributed by atoms with Gasteiger partial charge in [0, 0.05) is 23.7 Å². The number of H-pyrrole nitrogens is 1. The number of nitrogens with one attached hydrogen (secondary N) is 1. The first-order valence-electron chi connectivity index (χ1n) is 7.95. The summed E-state index contributed by atoms with van der Waals surface area (Å²) in [5, 5.41) is 0. The second-order valence-electron chi connectivity index (χ2n) is 6.06. The van der Waals surface area contributed by atoms with Gasteiger partial charge in [-0.1, -0.05) is 0 Å². The number of ketones is 1. The maximum absolute atomic E-state index is 12.9. The van der Waals surface area contributed by atoms with E-state index in [1.165, 1.54) is 7.11 Å². The van der Waals surface area contributed by atoms with E-state index >= 15 is 0 Å². The van der Waals surface area contributed by atoms with E-state index in [9.17, 15) is 14.4 Å². The Balaban J connectivity index is 2.30. The van der Waals surface area contributed by atoms with Gasteiger partial charge in [0.1, 0.15) is 5.69 Å². The maximum Gasteiger partial charge on any atom is 0.354 e. The van der Waals surface area contributed by atoms with Crippen LogP contribution in [0.3, 0.4) is 0 Å². The molecule has 0 spiro atoms. The lowest BCUT2D eigenvalue weighted by Crippen LogP contribution is -2.44. The summed E-state index contributed by atoms with van der Waals surface area (Å²) in [6, 6.07) is -0.549. The molecule has 1 saturated carbocycles. The van der Waals surface area contributed by atoms with Gasteiger partial charge in [-0.25, -0.2) is 4.79 Å². The minimum atomic E-state index is -0.549. The fourth-order valence-electron chi connectivity index (χ4n) is 2.96. The Morgan fingerprint density at radius 3 is 2.39 bits per heavy atom. The van der Waals surface area contributed by atoms with Crippen LogP contribution in [0.1, 0.15) is 58.8 Å². The molecule has 0 radical (unpaired) electrons. The van der Waals surface area contributed by atoms with E-state index in [2.05, 4.69) is 4.98 Å². The second kappa shape index (κ2) is 6.56. The summed E-state index contributed by atoms with van der Waals surface area (Å²) in [4.78, 5) is 41.5. The van der Waals surface area contributed by atoms with Crippen molar-refractivity contribution in [3.63, 3.8) is 0 Å². The molecule has 2 rings (SSSR count). The molecule has 0 aliphatic heterocycles. The molecule has 1 amide bonds. The van der Waals surface area contributed by atoms with Gasteiger partial charge in [0.15, 0.2) is 5.78 Å². The van der Waals surface area contributed by atoms with Crippen molar-refractivity contribution in [2.45, 2.75) is 46.6 Å². The van der Waals surface area contributed by atoms with Crippen LogP contribution in [-0.4, -0.2) is 47.2 Å². The number of aromatic amines is 1. The molecule has 23 heavy (non-hydrogen) atoms. The fraction of sp³-hybridized carbons (Fsp3) is 0.588. The lowest BCUT2D eigenvalue weighted by molar-refractivity contribution is -0.133. The zero-order chi connectivity index (χ0) is 17.3. The van der Waals surface area contributed by atoms with Crippen LogP contribution in [0.2, 0.25) is 0 Å². The second-order valence-corrected chi connectivity index (χ2v) is 6.06. The Labute approximate surface area is 136 Å². The normalized spacial score (nSPS) is 15.2. The number of carbonyl (C=O) groups excluding carboxylic acids is 3. The van der Waals surface area contributed by atoms with Gasteiger partial charge >= 0.3 is 5.97 Å². The number of aryl methyl sites for hydroxylation is 1. The Bertz CT molecular complexity index is 643. The highest BCUT2D eigenvalue weighted by molar-refractivity contribution is 6.06. The number of hydrogen-bond donors (Lipinski definition) is 1. The van der Waals surface area contributed by atoms with E-state index in [0.717, 1.165) is 12.8 Å². The van der Waals surface area contributed by atoms with Crippen LogP contribution in [0.5, 0.6) is 0 Å². The molecule has 0 bridgehead atoms. The van der Waals surface area contributed by atoms with E-state index in [1.54, 1.807) is 25.7 Å². The third-order valence-corrected chi connectivity index (χ3v) is 4.47. The van der Waals surface area contributed by atoms with Gasteiger partial charge in [0.05, 0.1) is 13.2 Å². The highest BCUT2D eigenvalue weighted by atomic mass is 16.5. The van der Waals surface area contributed by atoms with E-state index in [4.69, 9.17) is 4.74 Å². The highest BCUT2D eigenvalue weighted by Crippen LogP contribution is 2.32. The number of likely N-dealkylation sites (N-methyl/N-ethyl adjacent to an activating group) is 1. The van der Waals surface area contributed by atoms with Gasteiger partial charge in [-0.3, -0.25) is 9.59 Å². The van der Waals surface area contributed by atoms with Crippen LogP contribution in [0.4, 0.5) is 0 Å². The molecule has 1 heterocycles. The first-order valence-corrected chi connectivity index (χ1v) is 7.95. The number of amides is 1. The summed E-state index contributed by atoms with van der Waals surface area (Å²) >= 11 is 0. The van der Waals surface area contributed by atoms with Gasteiger partial charge in [-0.15, -0.1) is 0 Å². The van der Waals surface area contributed by atoms with Crippen LogP contribution >= 0.6 is 0 Å². The number of nitrogens with zero attached hydrogens (tertiary/aromatic N) is 1. The molecule has 1 aromatic heterocycles. The van der Waals surface area contributed by atoms with Crippen LogP contribution < -0.4 is 0 Å². The third-order valence-electron chi connectivity index (χ3n) is 4.47. The largest absolute Gasteiger partial charge is 0.464 e. The summed E-state index contributed by atoms with van der Waals surface area (Å²) in [7, 11) is 1.30. The summed E-state index contributed by atoms with van der Waals surface area (Å²) in [6.45, 7) is 7.58. The van der Waals surface area contributed by atoms with Crippen molar-refractivity contribution in [2.24, 2.45) is 5.92 Å². The summed E-state index contributed by atoms with van der Waals surface area (Å²) in [5.74, 6) is -0.530. The molecule has 1 aliphatic carbocycles. The number of Topliss-reactive ketones (excluding diaryl/α,β-unsaturated/α-hetero) is 1. The molecular weight excluding hydrogens is 296 g/mol. The Morgan fingerprint density at radius 1 is 1.30 bits per heavy atom. The quantitative estimate of drug-likeness (QED) is 0.644. The van der Waals surface area contributed by atoms with Crippen molar-refractivity contribution in [1.82, 2.24) is 9.88 Å². The van der Waals surface area contributed by atoms with Crippen LogP contribution in [-0.2, 0) is 9.53 Å². The van der Waals surface area contributed by atoms with Gasteiger partial charge in [0.2, 0.25) is 5.91 Å². The molecule has 6 nitrogen and oxygen atoms in total. The maximum atomic E-state index is 12.9. The summed E-state index contributed by atoms with van der Waals surface area (Å²) < 4.78 is 4.73. The number of carbonyl (C=O) groups is 3. The van der Waals surface area contributed by atoms with Crippen molar-refractivity contribution in [2.75, 3.05) is 13.7 Å². The van der Waals surface area contributed by atoms with Crippen molar-refractivity contribution < 1.29 is 19.1 Å². The van der Waals surface area contributed by atoms with E-state index in [-0.39, 0.29) is 23.3 Å². The average molecular weight is 320 g/mol. The van der Waals surface area contributed by atoms with E-state index in [1.807, 2.05) is 6.92 Å². The van der Waals surface area contributed by atoms with Gasteiger partial charge in [0.25, 0.3) is 0 Å². The molecule has 1 N–H and O–H groups in total. The van der Waals surface area contributed by atoms with Crippen molar-refractivity contribution in [3.05, 3.63) is 22.5 Å². The smallest absolute Gasteiger partial charge is 0.354 e. The van der Waals surface area contributed by atoms with Gasteiger partial charge in [-0.05, 0) is 46.1 Å². The lowest BCUT2D eigenvalue weighted by Gasteiger charge is -2.27. The molecule has 0 unspecified atom stereocenters. The third kappa shape index (κ3) is 3.16. The average Bonchev–Trinajstić information content (AvgIpc) is 3.32. The zero-order valence-electron chi connectivity index (χ0n) is 14.4. The molecule has 0 aromatic carbocycles. The van der Waals surface area contributed by atoms with Crippen molar-refractivity contribution in [1.29, 1.82) is 0 Å². The molecule has 1 atom stereocenters. The minimum Gasteiger partial charge on any atom is -0.464 e. The Kier molecular flexibility index (Phi) is 4.92. The predicted molar refractivity (Wildman–Crippen MR) is 85.5 cm³/mol. The number of methoxy groups -OCH3 is 1. The fourth-order valence-corrected chi connectivity index (χ4v) is 2.96. The first kappa shape index (κ1) is 17.2.